The number of nitrogens with one attached hydrogen (secondary N) is 2. The number of rotatable bonds is 2. The molecule has 0 radical (unpaired) electrons. The summed E-state index contributed by atoms with van der Waals surface area (Å²) in [6.07, 6.45) is 2.25. The molecule has 0 spiro atoms. The highest BCUT2D eigenvalue weighted by atomic mass is 35.5. The van der Waals surface area contributed by atoms with Gasteiger partial charge in [-0.1, -0.05) is 18.5 Å². The van der Waals surface area contributed by atoms with Gasteiger partial charge in [0.1, 0.15) is 0 Å². The van der Waals surface area contributed by atoms with Crippen LogP contribution in [0.1, 0.15) is 19.8 Å². The first-order valence-corrected chi connectivity index (χ1v) is 6.34. The molecule has 3 nitrogen and oxygen atoms in total. The molecule has 0 aliphatic carbocycles. The maximum atomic E-state index is 12.1. The number of carbonyl (C=O) groups is 1. The van der Waals surface area contributed by atoms with Crippen molar-refractivity contribution in [3.05, 3.63) is 29.3 Å². The van der Waals surface area contributed by atoms with E-state index in [2.05, 4.69) is 17.6 Å². The first-order valence-electron chi connectivity index (χ1n) is 5.96. The molecule has 1 heterocycles. The van der Waals surface area contributed by atoms with Gasteiger partial charge in [-0.3, -0.25) is 4.79 Å². The average Bonchev–Trinajstić information content (AvgIpc) is 2.32. The van der Waals surface area contributed by atoms with Crippen LogP contribution in [0.4, 0.5) is 5.69 Å². The van der Waals surface area contributed by atoms with E-state index in [0.717, 1.165) is 25.1 Å². The van der Waals surface area contributed by atoms with Crippen LogP contribution >= 0.6 is 11.6 Å². The molecule has 1 fully saturated rings. The average molecular weight is 253 g/mol. The number of amides is 1. The minimum Gasteiger partial charge on any atom is -0.325 e. The van der Waals surface area contributed by atoms with Gasteiger partial charge < -0.3 is 10.6 Å². The standard InChI is InChI=1S/C13H17ClN2O/c1-9-3-2-8-15-12(9)13(17)16-11-6-4-10(14)5-7-11/h4-7,9,12,15H,2-3,8H2,1H3,(H,16,17). The smallest absolute Gasteiger partial charge is 0.241 e. The number of anilines is 1. The van der Waals surface area contributed by atoms with Crippen LogP contribution in [0, 0.1) is 5.92 Å². The van der Waals surface area contributed by atoms with E-state index in [1.54, 1.807) is 12.1 Å². The Balaban J connectivity index is 1.98. The molecule has 92 valence electrons. The van der Waals surface area contributed by atoms with Crippen LogP contribution in [0.25, 0.3) is 0 Å². The van der Waals surface area contributed by atoms with Gasteiger partial charge in [0.15, 0.2) is 0 Å². The Bertz CT molecular complexity index is 391. The topological polar surface area (TPSA) is 41.1 Å². The van der Waals surface area contributed by atoms with E-state index in [4.69, 9.17) is 11.6 Å². The molecule has 1 aromatic carbocycles. The highest BCUT2D eigenvalue weighted by Crippen LogP contribution is 2.18. The second-order valence-corrected chi connectivity index (χ2v) is 4.98. The second kappa shape index (κ2) is 5.52. The zero-order valence-corrected chi connectivity index (χ0v) is 10.6. The van der Waals surface area contributed by atoms with E-state index in [-0.39, 0.29) is 11.9 Å². The molecular weight excluding hydrogens is 236 g/mol. The highest BCUT2D eigenvalue weighted by Gasteiger charge is 2.27. The SMILES string of the molecule is CC1CCCNC1C(=O)Nc1ccc(Cl)cc1. The van der Waals surface area contributed by atoms with Crippen molar-refractivity contribution in [2.45, 2.75) is 25.8 Å². The maximum absolute atomic E-state index is 12.1. The Hall–Kier alpha value is -1.06. The van der Waals surface area contributed by atoms with Crippen LogP contribution < -0.4 is 10.6 Å². The third kappa shape index (κ3) is 3.20. The first kappa shape index (κ1) is 12.4. The summed E-state index contributed by atoms with van der Waals surface area (Å²) in [6.45, 7) is 3.03. The molecular formula is C13H17ClN2O. The predicted octanol–water partition coefficient (Wildman–Crippen LogP) is 2.67. The maximum Gasteiger partial charge on any atom is 0.241 e. The molecule has 4 heteroatoms. The summed E-state index contributed by atoms with van der Waals surface area (Å²) < 4.78 is 0. The van der Waals surface area contributed by atoms with Crippen molar-refractivity contribution in [3.8, 4) is 0 Å². The number of piperidine rings is 1. The van der Waals surface area contributed by atoms with Gasteiger partial charge in [0.25, 0.3) is 0 Å². The largest absolute Gasteiger partial charge is 0.325 e. The zero-order chi connectivity index (χ0) is 12.3. The fourth-order valence-corrected chi connectivity index (χ4v) is 2.28. The van der Waals surface area contributed by atoms with E-state index in [9.17, 15) is 4.79 Å². The van der Waals surface area contributed by atoms with Crippen molar-refractivity contribution in [2.75, 3.05) is 11.9 Å². The van der Waals surface area contributed by atoms with Gasteiger partial charge in [-0.15, -0.1) is 0 Å². The van der Waals surface area contributed by atoms with Crippen molar-refractivity contribution < 1.29 is 4.79 Å². The van der Waals surface area contributed by atoms with Gasteiger partial charge in [-0.05, 0) is 49.6 Å². The monoisotopic (exact) mass is 252 g/mol. The lowest BCUT2D eigenvalue weighted by Gasteiger charge is -2.28. The minimum absolute atomic E-state index is 0.0412. The highest BCUT2D eigenvalue weighted by molar-refractivity contribution is 6.30. The summed E-state index contributed by atoms with van der Waals surface area (Å²) in [5, 5.41) is 6.84. The van der Waals surface area contributed by atoms with Crippen LogP contribution in [-0.2, 0) is 4.79 Å². The van der Waals surface area contributed by atoms with Crippen molar-refractivity contribution in [2.24, 2.45) is 5.92 Å². The normalized spacial score (nSPS) is 24.4. The zero-order valence-electron chi connectivity index (χ0n) is 9.87. The lowest BCUT2D eigenvalue weighted by molar-refractivity contribution is -0.119. The number of benzene rings is 1. The van der Waals surface area contributed by atoms with Gasteiger partial charge in [0.2, 0.25) is 5.91 Å². The van der Waals surface area contributed by atoms with Crippen molar-refractivity contribution in [1.29, 1.82) is 0 Å². The lowest BCUT2D eigenvalue weighted by atomic mass is 9.92. The predicted molar refractivity (Wildman–Crippen MR) is 70.3 cm³/mol. The third-order valence-electron chi connectivity index (χ3n) is 3.16. The molecule has 1 aliphatic heterocycles. The Morgan fingerprint density at radius 1 is 1.41 bits per heavy atom. The molecule has 2 rings (SSSR count). The molecule has 2 N–H and O–H groups in total. The summed E-state index contributed by atoms with van der Waals surface area (Å²) in [4.78, 5) is 12.1. The summed E-state index contributed by atoms with van der Waals surface area (Å²) in [5.41, 5.74) is 0.791. The van der Waals surface area contributed by atoms with Crippen LogP contribution in [0.3, 0.4) is 0 Å². The van der Waals surface area contributed by atoms with Gasteiger partial charge in [-0.2, -0.15) is 0 Å². The van der Waals surface area contributed by atoms with Gasteiger partial charge >= 0.3 is 0 Å². The fourth-order valence-electron chi connectivity index (χ4n) is 2.15. The van der Waals surface area contributed by atoms with Gasteiger partial charge in [0.05, 0.1) is 6.04 Å². The molecule has 17 heavy (non-hydrogen) atoms. The van der Waals surface area contributed by atoms with E-state index in [1.165, 1.54) is 0 Å². The molecule has 1 saturated heterocycles. The molecule has 0 bridgehead atoms. The Labute approximate surface area is 107 Å². The number of carbonyl (C=O) groups excluding carboxylic acids is 1. The van der Waals surface area contributed by atoms with Crippen molar-refractivity contribution in [3.63, 3.8) is 0 Å². The molecule has 0 saturated carbocycles. The van der Waals surface area contributed by atoms with Crippen LogP contribution in [0.2, 0.25) is 5.02 Å². The quantitative estimate of drug-likeness (QED) is 0.850. The summed E-state index contributed by atoms with van der Waals surface area (Å²) in [7, 11) is 0. The number of hydrogen-bond acceptors (Lipinski definition) is 2. The Morgan fingerprint density at radius 3 is 2.76 bits per heavy atom. The minimum atomic E-state index is -0.0839. The van der Waals surface area contributed by atoms with Crippen LogP contribution in [0.5, 0.6) is 0 Å². The first-order chi connectivity index (χ1) is 8.16. The van der Waals surface area contributed by atoms with Crippen molar-refractivity contribution >= 4 is 23.2 Å². The molecule has 2 atom stereocenters. The van der Waals surface area contributed by atoms with Crippen molar-refractivity contribution in [1.82, 2.24) is 5.32 Å². The van der Waals surface area contributed by atoms with Crippen LogP contribution in [0.15, 0.2) is 24.3 Å². The lowest BCUT2D eigenvalue weighted by Crippen LogP contribution is -2.48. The number of hydrogen-bond donors (Lipinski definition) is 2. The van der Waals surface area contributed by atoms with E-state index in [0.29, 0.717) is 10.9 Å². The Morgan fingerprint density at radius 2 is 2.12 bits per heavy atom. The molecule has 1 aromatic rings. The second-order valence-electron chi connectivity index (χ2n) is 4.55. The molecule has 0 aromatic heterocycles. The fraction of sp³-hybridized carbons (Fsp3) is 0.462. The third-order valence-corrected chi connectivity index (χ3v) is 3.42. The molecule has 1 aliphatic rings. The van der Waals surface area contributed by atoms with E-state index < -0.39 is 0 Å². The van der Waals surface area contributed by atoms with Gasteiger partial charge in [0, 0.05) is 10.7 Å². The van der Waals surface area contributed by atoms with Gasteiger partial charge in [-0.25, -0.2) is 0 Å². The molecule has 2 unspecified atom stereocenters. The Kier molecular flexibility index (Phi) is 4.02. The summed E-state index contributed by atoms with van der Waals surface area (Å²) in [6, 6.07) is 7.09. The summed E-state index contributed by atoms with van der Waals surface area (Å²) in [5.74, 6) is 0.426. The number of halogens is 1. The summed E-state index contributed by atoms with van der Waals surface area (Å²) >= 11 is 5.80. The van der Waals surface area contributed by atoms with E-state index in [1.807, 2.05) is 12.1 Å². The van der Waals surface area contributed by atoms with E-state index >= 15 is 0 Å². The molecule has 1 amide bonds. The van der Waals surface area contributed by atoms with Crippen LogP contribution in [-0.4, -0.2) is 18.5 Å².